The number of rotatable bonds is 6. The van der Waals surface area contributed by atoms with Crippen LogP contribution >= 0.6 is 0 Å². The van der Waals surface area contributed by atoms with Crippen LogP contribution in [0.15, 0.2) is 42.5 Å². The number of hydrogen-bond donors (Lipinski definition) is 1. The highest BCUT2D eigenvalue weighted by molar-refractivity contribution is 5.99. The van der Waals surface area contributed by atoms with Crippen molar-refractivity contribution in [1.82, 2.24) is 5.32 Å². The normalized spacial score (nSPS) is 11.7. The molecule has 0 radical (unpaired) electrons. The lowest BCUT2D eigenvalue weighted by atomic mass is 10.1. The Morgan fingerprint density at radius 3 is 2.65 bits per heavy atom. The smallest absolute Gasteiger partial charge is 0.325 e. The molecule has 7 nitrogen and oxygen atoms in total. The van der Waals surface area contributed by atoms with Crippen LogP contribution in [0.2, 0.25) is 0 Å². The first-order valence-electron chi connectivity index (χ1n) is 7.66. The van der Waals surface area contributed by atoms with Crippen LogP contribution < -0.4 is 14.8 Å². The van der Waals surface area contributed by atoms with E-state index in [4.69, 9.17) is 14.2 Å². The molecule has 1 aliphatic heterocycles. The molecule has 1 amide bonds. The van der Waals surface area contributed by atoms with E-state index in [0.29, 0.717) is 17.1 Å². The summed E-state index contributed by atoms with van der Waals surface area (Å²) < 4.78 is 28.6. The van der Waals surface area contributed by atoms with Crippen molar-refractivity contribution in [3.8, 4) is 11.5 Å². The van der Waals surface area contributed by atoms with Crippen molar-refractivity contribution in [1.29, 1.82) is 0 Å². The van der Waals surface area contributed by atoms with Crippen molar-refractivity contribution in [2.75, 3.05) is 19.9 Å². The molecule has 2 aromatic carbocycles. The van der Waals surface area contributed by atoms with E-state index in [0.717, 1.165) is 6.07 Å². The fourth-order valence-electron chi connectivity index (χ4n) is 2.24. The van der Waals surface area contributed by atoms with Crippen molar-refractivity contribution < 1.29 is 33.0 Å². The Morgan fingerprint density at radius 1 is 1.08 bits per heavy atom. The molecule has 0 atom stereocenters. The van der Waals surface area contributed by atoms with Crippen LogP contribution in [-0.2, 0) is 9.53 Å². The molecule has 3 rings (SSSR count). The summed E-state index contributed by atoms with van der Waals surface area (Å²) >= 11 is 0. The fraction of sp³-hybridized carbons (Fsp3) is 0.167. The van der Waals surface area contributed by atoms with Crippen molar-refractivity contribution in [2.45, 2.75) is 0 Å². The number of carbonyl (C=O) groups is 3. The number of Topliss-reactive ketones (excluding diaryl/α,β-unsaturated/α-hetero) is 1. The number of ether oxygens (including phenoxy) is 3. The Hall–Kier alpha value is -3.42. The summed E-state index contributed by atoms with van der Waals surface area (Å²) in [6.45, 7) is -0.890. The van der Waals surface area contributed by atoms with E-state index in [9.17, 15) is 18.8 Å². The van der Waals surface area contributed by atoms with Gasteiger partial charge in [-0.25, -0.2) is 4.39 Å². The standard InChI is InChI=1S/C18H14FNO6/c19-13-4-2-1-3-12(13)18(23)20-8-17(22)24-9-14(21)11-5-6-15-16(7-11)26-10-25-15/h1-7H,8-10H2,(H,20,23). The molecule has 1 aliphatic rings. The van der Waals surface area contributed by atoms with E-state index in [-0.39, 0.29) is 12.4 Å². The summed E-state index contributed by atoms with van der Waals surface area (Å²) in [5, 5.41) is 2.24. The SMILES string of the molecule is O=C(CNC(=O)c1ccccc1F)OCC(=O)c1ccc2c(c1)OCO2. The molecule has 0 bridgehead atoms. The average Bonchev–Trinajstić information content (AvgIpc) is 3.12. The van der Waals surface area contributed by atoms with Gasteiger partial charge in [0.05, 0.1) is 5.56 Å². The third-order valence-electron chi connectivity index (χ3n) is 3.57. The van der Waals surface area contributed by atoms with Crippen molar-refractivity contribution >= 4 is 17.7 Å². The third kappa shape index (κ3) is 3.97. The number of halogens is 1. The number of ketones is 1. The van der Waals surface area contributed by atoms with E-state index in [2.05, 4.69) is 5.32 Å². The number of fused-ring (bicyclic) bond motifs is 1. The Balaban J connectivity index is 1.47. The maximum Gasteiger partial charge on any atom is 0.325 e. The van der Waals surface area contributed by atoms with Crippen LogP contribution in [0, 0.1) is 5.82 Å². The highest BCUT2D eigenvalue weighted by atomic mass is 19.1. The first-order chi connectivity index (χ1) is 12.5. The van der Waals surface area contributed by atoms with Gasteiger partial charge >= 0.3 is 5.97 Å². The van der Waals surface area contributed by atoms with Crippen LogP contribution in [0.4, 0.5) is 4.39 Å². The summed E-state index contributed by atoms with van der Waals surface area (Å²) in [5.41, 5.74) is 0.120. The number of hydrogen-bond acceptors (Lipinski definition) is 6. The van der Waals surface area contributed by atoms with Gasteiger partial charge in [-0.1, -0.05) is 12.1 Å². The molecular formula is C18H14FNO6. The Morgan fingerprint density at radius 2 is 1.85 bits per heavy atom. The predicted octanol–water partition coefficient (Wildman–Crippen LogP) is 1.71. The van der Waals surface area contributed by atoms with E-state index in [1.165, 1.54) is 30.3 Å². The average molecular weight is 359 g/mol. The zero-order valence-electron chi connectivity index (χ0n) is 13.5. The van der Waals surface area contributed by atoms with Crippen LogP contribution in [-0.4, -0.2) is 37.6 Å². The maximum absolute atomic E-state index is 13.5. The first-order valence-corrected chi connectivity index (χ1v) is 7.66. The second-order valence-corrected chi connectivity index (χ2v) is 5.31. The van der Waals surface area contributed by atoms with Gasteiger partial charge in [0.15, 0.2) is 23.9 Å². The topological polar surface area (TPSA) is 90.9 Å². The van der Waals surface area contributed by atoms with E-state index < -0.39 is 36.6 Å². The molecule has 2 aromatic rings. The fourth-order valence-corrected chi connectivity index (χ4v) is 2.24. The second kappa shape index (κ2) is 7.64. The van der Waals surface area contributed by atoms with Gasteiger partial charge in [-0.05, 0) is 30.3 Å². The van der Waals surface area contributed by atoms with Crippen molar-refractivity contribution in [3.63, 3.8) is 0 Å². The van der Waals surface area contributed by atoms with Gasteiger partial charge in [0, 0.05) is 5.56 Å². The maximum atomic E-state index is 13.5. The van der Waals surface area contributed by atoms with Gasteiger partial charge in [0.1, 0.15) is 12.4 Å². The van der Waals surface area contributed by atoms with E-state index in [1.54, 1.807) is 6.07 Å². The third-order valence-corrected chi connectivity index (χ3v) is 3.57. The van der Waals surface area contributed by atoms with Crippen molar-refractivity contribution in [2.24, 2.45) is 0 Å². The highest BCUT2D eigenvalue weighted by Gasteiger charge is 2.18. The Labute approximate surface area is 147 Å². The number of carbonyl (C=O) groups excluding carboxylic acids is 3. The predicted molar refractivity (Wildman–Crippen MR) is 86.6 cm³/mol. The lowest BCUT2D eigenvalue weighted by molar-refractivity contribution is -0.141. The molecule has 0 saturated carbocycles. The number of nitrogens with one attached hydrogen (secondary N) is 1. The minimum atomic E-state index is -0.816. The molecule has 134 valence electrons. The molecular weight excluding hydrogens is 345 g/mol. The summed E-state index contributed by atoms with van der Waals surface area (Å²) in [4.78, 5) is 35.5. The number of esters is 1. The second-order valence-electron chi connectivity index (χ2n) is 5.31. The number of amides is 1. The van der Waals surface area contributed by atoms with E-state index >= 15 is 0 Å². The van der Waals surface area contributed by atoms with Crippen molar-refractivity contribution in [3.05, 3.63) is 59.4 Å². The molecule has 0 aromatic heterocycles. The summed E-state index contributed by atoms with van der Waals surface area (Å²) in [6.07, 6.45) is 0. The monoisotopic (exact) mass is 359 g/mol. The molecule has 0 aliphatic carbocycles. The van der Waals surface area contributed by atoms with Crippen LogP contribution in [0.25, 0.3) is 0 Å². The molecule has 8 heteroatoms. The van der Waals surface area contributed by atoms with Gasteiger partial charge in [0.25, 0.3) is 5.91 Å². The Bertz CT molecular complexity index is 867. The van der Waals surface area contributed by atoms with E-state index in [1.807, 2.05) is 0 Å². The number of benzene rings is 2. The van der Waals surface area contributed by atoms with Crippen LogP contribution in [0.1, 0.15) is 20.7 Å². The molecule has 0 saturated heterocycles. The molecule has 0 unspecified atom stereocenters. The lowest BCUT2D eigenvalue weighted by Gasteiger charge is -2.07. The lowest BCUT2D eigenvalue weighted by Crippen LogP contribution is -2.32. The Kier molecular flexibility index (Phi) is 5.12. The first kappa shape index (κ1) is 17.4. The minimum absolute atomic E-state index is 0.0870. The van der Waals surface area contributed by atoms with Gasteiger partial charge in [0.2, 0.25) is 6.79 Å². The summed E-state index contributed by atoms with van der Waals surface area (Å²) in [6, 6.07) is 9.99. The quantitative estimate of drug-likeness (QED) is 0.624. The zero-order chi connectivity index (χ0) is 18.5. The minimum Gasteiger partial charge on any atom is -0.456 e. The van der Waals surface area contributed by atoms with Gasteiger partial charge in [-0.3, -0.25) is 14.4 Å². The zero-order valence-corrected chi connectivity index (χ0v) is 13.5. The van der Waals surface area contributed by atoms with Gasteiger partial charge in [-0.15, -0.1) is 0 Å². The highest BCUT2D eigenvalue weighted by Crippen LogP contribution is 2.32. The molecule has 1 N–H and O–H groups in total. The van der Waals surface area contributed by atoms with Gasteiger partial charge in [-0.2, -0.15) is 0 Å². The molecule has 0 fully saturated rings. The molecule has 26 heavy (non-hydrogen) atoms. The van der Waals surface area contributed by atoms with Crippen LogP contribution in [0.5, 0.6) is 11.5 Å². The summed E-state index contributed by atoms with van der Waals surface area (Å²) in [5.74, 6) is -1.71. The molecule has 0 spiro atoms. The van der Waals surface area contributed by atoms with Crippen LogP contribution in [0.3, 0.4) is 0 Å². The summed E-state index contributed by atoms with van der Waals surface area (Å²) in [7, 11) is 0. The largest absolute Gasteiger partial charge is 0.456 e. The van der Waals surface area contributed by atoms with Gasteiger partial charge < -0.3 is 19.5 Å². The molecule has 1 heterocycles.